The fourth-order valence-corrected chi connectivity index (χ4v) is 2.41. The van der Waals surface area contributed by atoms with Crippen molar-refractivity contribution in [3.8, 4) is 0 Å². The predicted molar refractivity (Wildman–Crippen MR) is 74.5 cm³/mol. The molecule has 0 atom stereocenters. The molecule has 5 heteroatoms. The van der Waals surface area contributed by atoms with Crippen molar-refractivity contribution in [1.29, 1.82) is 0 Å². The number of hydrogen-bond acceptors (Lipinski definition) is 5. The van der Waals surface area contributed by atoms with Crippen molar-refractivity contribution in [1.82, 2.24) is 20.3 Å². The largest absolute Gasteiger partial charge is 0.329 e. The Morgan fingerprint density at radius 1 is 1.21 bits per heavy atom. The van der Waals surface area contributed by atoms with E-state index in [1.807, 2.05) is 26.1 Å². The number of aromatic nitrogens is 3. The predicted octanol–water partition coefficient (Wildman–Crippen LogP) is 1.59. The Bertz CT molecular complexity index is 582. The summed E-state index contributed by atoms with van der Waals surface area (Å²) in [5, 5.41) is 3.39. The molecular formula is C14H17N5. The summed E-state index contributed by atoms with van der Waals surface area (Å²) in [4.78, 5) is 15.3. The zero-order valence-corrected chi connectivity index (χ0v) is 11.2. The van der Waals surface area contributed by atoms with E-state index < -0.39 is 0 Å². The molecule has 0 aromatic carbocycles. The van der Waals surface area contributed by atoms with Crippen LogP contribution in [-0.2, 0) is 13.0 Å². The molecule has 0 saturated carbocycles. The molecule has 19 heavy (non-hydrogen) atoms. The minimum Gasteiger partial charge on any atom is -0.329 e. The van der Waals surface area contributed by atoms with Crippen molar-refractivity contribution < 1.29 is 0 Å². The van der Waals surface area contributed by atoms with Gasteiger partial charge in [0.05, 0.1) is 5.69 Å². The van der Waals surface area contributed by atoms with Gasteiger partial charge in [0.25, 0.3) is 0 Å². The summed E-state index contributed by atoms with van der Waals surface area (Å²) < 4.78 is 0. The van der Waals surface area contributed by atoms with Gasteiger partial charge in [-0.2, -0.15) is 0 Å². The average molecular weight is 255 g/mol. The van der Waals surface area contributed by atoms with E-state index in [0.29, 0.717) is 0 Å². The van der Waals surface area contributed by atoms with Gasteiger partial charge >= 0.3 is 0 Å². The van der Waals surface area contributed by atoms with Gasteiger partial charge in [0, 0.05) is 50.2 Å². The summed E-state index contributed by atoms with van der Waals surface area (Å²) in [6.07, 6.45) is 4.56. The maximum Gasteiger partial charge on any atom is 0.141 e. The van der Waals surface area contributed by atoms with Crippen molar-refractivity contribution in [2.45, 2.75) is 19.9 Å². The van der Waals surface area contributed by atoms with E-state index in [2.05, 4.69) is 25.2 Å². The van der Waals surface area contributed by atoms with E-state index in [-0.39, 0.29) is 0 Å². The Kier molecular flexibility index (Phi) is 3.13. The molecule has 2 aromatic rings. The van der Waals surface area contributed by atoms with E-state index in [1.165, 1.54) is 11.3 Å². The first-order chi connectivity index (χ1) is 9.25. The standard InChI is InChI=1S/C14H17N5/c1-10-17-13-5-8-16-9-12(13)14(18-10)19(2)11-3-6-15-7-4-11/h3-4,6-7,16H,5,8-9H2,1-2H3. The second kappa shape index (κ2) is 4.93. The Morgan fingerprint density at radius 2 is 2.00 bits per heavy atom. The zero-order chi connectivity index (χ0) is 13.2. The molecule has 1 aliphatic rings. The van der Waals surface area contributed by atoms with Crippen LogP contribution in [0.15, 0.2) is 24.5 Å². The molecule has 1 N–H and O–H groups in total. The fourth-order valence-electron chi connectivity index (χ4n) is 2.41. The Labute approximate surface area is 112 Å². The topological polar surface area (TPSA) is 53.9 Å². The first-order valence-electron chi connectivity index (χ1n) is 6.46. The van der Waals surface area contributed by atoms with Gasteiger partial charge in [-0.05, 0) is 19.1 Å². The molecule has 2 aromatic heterocycles. The van der Waals surface area contributed by atoms with Crippen LogP contribution >= 0.6 is 0 Å². The molecule has 3 heterocycles. The molecule has 0 fully saturated rings. The second-order valence-corrected chi connectivity index (χ2v) is 4.71. The normalized spacial score (nSPS) is 14.0. The van der Waals surface area contributed by atoms with Gasteiger partial charge in [0.2, 0.25) is 0 Å². The minimum absolute atomic E-state index is 0.830. The number of pyridine rings is 1. The smallest absolute Gasteiger partial charge is 0.141 e. The third-order valence-corrected chi connectivity index (χ3v) is 3.39. The molecule has 0 saturated heterocycles. The molecular weight excluding hydrogens is 238 g/mol. The quantitative estimate of drug-likeness (QED) is 0.883. The molecule has 0 unspecified atom stereocenters. The van der Waals surface area contributed by atoms with Crippen LogP contribution in [0.2, 0.25) is 0 Å². The van der Waals surface area contributed by atoms with Gasteiger partial charge in [-0.15, -0.1) is 0 Å². The number of nitrogens with zero attached hydrogens (tertiary/aromatic N) is 4. The molecule has 0 radical (unpaired) electrons. The van der Waals surface area contributed by atoms with Crippen molar-refractivity contribution in [3.63, 3.8) is 0 Å². The highest BCUT2D eigenvalue weighted by molar-refractivity contribution is 5.62. The van der Waals surface area contributed by atoms with Crippen LogP contribution in [-0.4, -0.2) is 28.5 Å². The highest BCUT2D eigenvalue weighted by Gasteiger charge is 2.19. The highest BCUT2D eigenvalue weighted by Crippen LogP contribution is 2.27. The van der Waals surface area contributed by atoms with Crippen LogP contribution < -0.4 is 10.2 Å². The second-order valence-electron chi connectivity index (χ2n) is 4.71. The summed E-state index contributed by atoms with van der Waals surface area (Å²) in [7, 11) is 2.03. The van der Waals surface area contributed by atoms with Crippen LogP contribution in [0.4, 0.5) is 11.5 Å². The first-order valence-corrected chi connectivity index (χ1v) is 6.46. The number of rotatable bonds is 2. The number of aryl methyl sites for hydroxylation is 1. The summed E-state index contributed by atoms with van der Waals surface area (Å²) in [6.45, 7) is 3.77. The number of fused-ring (bicyclic) bond motifs is 1. The Hall–Kier alpha value is -2.01. The third-order valence-electron chi connectivity index (χ3n) is 3.39. The Morgan fingerprint density at radius 3 is 2.79 bits per heavy atom. The number of hydrogen-bond donors (Lipinski definition) is 1. The van der Waals surface area contributed by atoms with E-state index >= 15 is 0 Å². The van der Waals surface area contributed by atoms with Gasteiger partial charge in [-0.1, -0.05) is 0 Å². The molecule has 1 aliphatic heterocycles. The van der Waals surface area contributed by atoms with Gasteiger partial charge in [-0.25, -0.2) is 9.97 Å². The molecule has 5 nitrogen and oxygen atoms in total. The fraction of sp³-hybridized carbons (Fsp3) is 0.357. The minimum atomic E-state index is 0.830. The SMILES string of the molecule is Cc1nc2c(c(N(C)c3ccncc3)n1)CNCC2. The molecule has 0 spiro atoms. The summed E-state index contributed by atoms with van der Waals surface area (Å²) >= 11 is 0. The van der Waals surface area contributed by atoms with Crippen molar-refractivity contribution >= 4 is 11.5 Å². The summed E-state index contributed by atoms with van der Waals surface area (Å²) in [6, 6.07) is 3.97. The lowest BCUT2D eigenvalue weighted by molar-refractivity contribution is 0.622. The van der Waals surface area contributed by atoms with Gasteiger partial charge in [0.1, 0.15) is 11.6 Å². The van der Waals surface area contributed by atoms with Crippen LogP contribution in [0.1, 0.15) is 17.1 Å². The molecule has 0 amide bonds. The highest BCUT2D eigenvalue weighted by atomic mass is 15.2. The lowest BCUT2D eigenvalue weighted by Gasteiger charge is -2.25. The lowest BCUT2D eigenvalue weighted by Crippen LogP contribution is -2.28. The van der Waals surface area contributed by atoms with Crippen molar-refractivity contribution in [3.05, 3.63) is 41.6 Å². The molecule has 0 bridgehead atoms. The van der Waals surface area contributed by atoms with Gasteiger partial charge < -0.3 is 10.2 Å². The monoisotopic (exact) mass is 255 g/mol. The maximum absolute atomic E-state index is 4.62. The molecule has 0 aliphatic carbocycles. The Balaban J connectivity index is 2.07. The summed E-state index contributed by atoms with van der Waals surface area (Å²) in [5.41, 5.74) is 3.46. The van der Waals surface area contributed by atoms with Crippen LogP contribution in [0.3, 0.4) is 0 Å². The van der Waals surface area contributed by atoms with Crippen LogP contribution in [0, 0.1) is 6.92 Å². The van der Waals surface area contributed by atoms with Gasteiger partial charge in [-0.3, -0.25) is 4.98 Å². The molecule has 3 rings (SSSR count). The third kappa shape index (κ3) is 2.29. The van der Waals surface area contributed by atoms with E-state index in [0.717, 1.165) is 36.8 Å². The summed E-state index contributed by atoms with van der Waals surface area (Å²) in [5.74, 6) is 1.82. The van der Waals surface area contributed by atoms with E-state index in [1.54, 1.807) is 12.4 Å². The van der Waals surface area contributed by atoms with Crippen LogP contribution in [0.25, 0.3) is 0 Å². The maximum atomic E-state index is 4.62. The first kappa shape index (κ1) is 12.0. The zero-order valence-electron chi connectivity index (χ0n) is 11.2. The van der Waals surface area contributed by atoms with Crippen molar-refractivity contribution in [2.75, 3.05) is 18.5 Å². The van der Waals surface area contributed by atoms with E-state index in [4.69, 9.17) is 0 Å². The number of anilines is 2. The number of nitrogens with one attached hydrogen (secondary N) is 1. The van der Waals surface area contributed by atoms with E-state index in [9.17, 15) is 0 Å². The van der Waals surface area contributed by atoms with Gasteiger partial charge in [0.15, 0.2) is 0 Å². The lowest BCUT2D eigenvalue weighted by atomic mass is 10.1. The van der Waals surface area contributed by atoms with Crippen molar-refractivity contribution in [2.24, 2.45) is 0 Å². The average Bonchev–Trinajstić information content (AvgIpc) is 2.46. The van der Waals surface area contributed by atoms with Crippen LogP contribution in [0.5, 0.6) is 0 Å². The molecule has 98 valence electrons.